The second-order valence-electron chi connectivity index (χ2n) is 4.62. The molecule has 17 heavy (non-hydrogen) atoms. The summed E-state index contributed by atoms with van der Waals surface area (Å²) in [7, 11) is 0. The first-order valence-electron chi connectivity index (χ1n) is 6.75. The molecule has 2 rings (SSSR count). The van der Waals surface area contributed by atoms with Crippen LogP contribution in [-0.4, -0.2) is 28.8 Å². The van der Waals surface area contributed by atoms with Crippen LogP contribution in [0.5, 0.6) is 0 Å². The van der Waals surface area contributed by atoms with Gasteiger partial charge in [0.05, 0.1) is 6.61 Å². The van der Waals surface area contributed by atoms with E-state index >= 15 is 0 Å². The smallest absolute Gasteiger partial charge is 0.203 e. The van der Waals surface area contributed by atoms with Crippen molar-refractivity contribution in [1.29, 1.82) is 0 Å². The van der Waals surface area contributed by atoms with Crippen LogP contribution in [0.1, 0.15) is 39.0 Å². The van der Waals surface area contributed by atoms with E-state index < -0.39 is 0 Å². The van der Waals surface area contributed by atoms with Crippen molar-refractivity contribution >= 4 is 5.95 Å². The van der Waals surface area contributed by atoms with Crippen LogP contribution in [-0.2, 0) is 11.3 Å². The van der Waals surface area contributed by atoms with E-state index in [-0.39, 0.29) is 0 Å². The predicted molar refractivity (Wildman–Crippen MR) is 69.2 cm³/mol. The SMILES string of the molecule is CCOCCn1ccnc1NC1CCCCC1. The number of ether oxygens (including phenoxy) is 1. The Kier molecular flexibility index (Phi) is 4.86. The molecular weight excluding hydrogens is 214 g/mol. The molecule has 96 valence electrons. The summed E-state index contributed by atoms with van der Waals surface area (Å²) in [4.78, 5) is 4.39. The molecule has 0 amide bonds. The molecule has 1 aromatic rings. The van der Waals surface area contributed by atoms with Crippen LogP contribution in [0, 0.1) is 0 Å². The zero-order chi connectivity index (χ0) is 11.9. The standard InChI is InChI=1S/C13H23N3O/c1-2-17-11-10-16-9-8-14-13(16)15-12-6-4-3-5-7-12/h8-9,12H,2-7,10-11H2,1H3,(H,14,15). The van der Waals surface area contributed by atoms with Crippen LogP contribution in [0.25, 0.3) is 0 Å². The van der Waals surface area contributed by atoms with Crippen molar-refractivity contribution in [3.8, 4) is 0 Å². The van der Waals surface area contributed by atoms with Crippen molar-refractivity contribution in [3.05, 3.63) is 12.4 Å². The lowest BCUT2D eigenvalue weighted by atomic mass is 9.96. The Hall–Kier alpha value is -1.03. The summed E-state index contributed by atoms with van der Waals surface area (Å²) >= 11 is 0. The molecule has 0 atom stereocenters. The van der Waals surface area contributed by atoms with Gasteiger partial charge >= 0.3 is 0 Å². The fraction of sp³-hybridized carbons (Fsp3) is 0.769. The maximum Gasteiger partial charge on any atom is 0.203 e. The Morgan fingerprint density at radius 1 is 1.41 bits per heavy atom. The van der Waals surface area contributed by atoms with Crippen LogP contribution < -0.4 is 5.32 Å². The molecule has 0 bridgehead atoms. The van der Waals surface area contributed by atoms with Crippen LogP contribution in [0.3, 0.4) is 0 Å². The third-order valence-corrected chi connectivity index (χ3v) is 3.33. The van der Waals surface area contributed by atoms with E-state index in [1.165, 1.54) is 32.1 Å². The second kappa shape index (κ2) is 6.64. The quantitative estimate of drug-likeness (QED) is 0.773. The van der Waals surface area contributed by atoms with Gasteiger partial charge in [-0.05, 0) is 19.8 Å². The Labute approximate surface area is 103 Å². The van der Waals surface area contributed by atoms with E-state index in [2.05, 4.69) is 14.9 Å². The number of rotatable bonds is 6. The largest absolute Gasteiger partial charge is 0.380 e. The molecule has 1 aliphatic carbocycles. The van der Waals surface area contributed by atoms with Crippen molar-refractivity contribution in [2.24, 2.45) is 0 Å². The van der Waals surface area contributed by atoms with Crippen LogP contribution >= 0.6 is 0 Å². The highest BCUT2D eigenvalue weighted by Crippen LogP contribution is 2.20. The van der Waals surface area contributed by atoms with Crippen LogP contribution in [0.15, 0.2) is 12.4 Å². The highest BCUT2D eigenvalue weighted by Gasteiger charge is 2.14. The highest BCUT2D eigenvalue weighted by atomic mass is 16.5. The maximum atomic E-state index is 5.38. The van der Waals surface area contributed by atoms with E-state index in [1.54, 1.807) is 0 Å². The van der Waals surface area contributed by atoms with E-state index in [9.17, 15) is 0 Å². The first kappa shape index (κ1) is 12.4. The molecule has 0 aromatic carbocycles. The van der Waals surface area contributed by atoms with Gasteiger partial charge in [-0.2, -0.15) is 0 Å². The van der Waals surface area contributed by atoms with E-state index in [0.717, 1.165) is 25.7 Å². The molecule has 0 radical (unpaired) electrons. The third-order valence-electron chi connectivity index (χ3n) is 3.33. The van der Waals surface area contributed by atoms with Crippen molar-refractivity contribution in [2.75, 3.05) is 18.5 Å². The average Bonchev–Trinajstić information content (AvgIpc) is 2.79. The number of nitrogens with one attached hydrogen (secondary N) is 1. The Morgan fingerprint density at radius 3 is 3.00 bits per heavy atom. The summed E-state index contributed by atoms with van der Waals surface area (Å²) in [5.41, 5.74) is 0. The summed E-state index contributed by atoms with van der Waals surface area (Å²) < 4.78 is 7.52. The molecule has 1 heterocycles. The van der Waals surface area contributed by atoms with Gasteiger partial charge in [0.2, 0.25) is 5.95 Å². The minimum absolute atomic E-state index is 0.608. The van der Waals surface area contributed by atoms with Crippen LogP contribution in [0.2, 0.25) is 0 Å². The van der Waals surface area contributed by atoms with Gasteiger partial charge in [0.15, 0.2) is 0 Å². The molecule has 0 saturated heterocycles. The zero-order valence-corrected chi connectivity index (χ0v) is 10.7. The lowest BCUT2D eigenvalue weighted by molar-refractivity contribution is 0.139. The van der Waals surface area contributed by atoms with Gasteiger partial charge in [-0.15, -0.1) is 0 Å². The topological polar surface area (TPSA) is 39.1 Å². The van der Waals surface area contributed by atoms with Crippen LogP contribution in [0.4, 0.5) is 5.95 Å². The summed E-state index contributed by atoms with van der Waals surface area (Å²) in [6, 6.07) is 0.608. The summed E-state index contributed by atoms with van der Waals surface area (Å²) in [6.45, 7) is 4.43. The van der Waals surface area contributed by atoms with E-state index in [0.29, 0.717) is 6.04 Å². The Morgan fingerprint density at radius 2 is 2.24 bits per heavy atom. The number of anilines is 1. The molecule has 1 fully saturated rings. The lowest BCUT2D eigenvalue weighted by Crippen LogP contribution is -2.24. The Bertz CT molecular complexity index is 318. The van der Waals surface area contributed by atoms with Crippen molar-refractivity contribution in [3.63, 3.8) is 0 Å². The van der Waals surface area contributed by atoms with E-state index in [1.807, 2.05) is 19.3 Å². The zero-order valence-electron chi connectivity index (χ0n) is 10.7. The first-order chi connectivity index (χ1) is 8.40. The lowest BCUT2D eigenvalue weighted by Gasteiger charge is -2.23. The predicted octanol–water partition coefficient (Wildman–Crippen LogP) is 2.66. The summed E-state index contributed by atoms with van der Waals surface area (Å²) in [5, 5.41) is 3.55. The number of hydrogen-bond donors (Lipinski definition) is 1. The van der Waals surface area contributed by atoms with Gasteiger partial charge in [0.1, 0.15) is 0 Å². The number of hydrogen-bond acceptors (Lipinski definition) is 3. The van der Waals surface area contributed by atoms with Gasteiger partial charge in [0.25, 0.3) is 0 Å². The minimum Gasteiger partial charge on any atom is -0.380 e. The molecule has 1 aromatic heterocycles. The van der Waals surface area contributed by atoms with Crippen molar-refractivity contribution < 1.29 is 4.74 Å². The van der Waals surface area contributed by atoms with E-state index in [4.69, 9.17) is 4.74 Å². The number of imidazole rings is 1. The highest BCUT2D eigenvalue weighted by molar-refractivity contribution is 5.27. The first-order valence-corrected chi connectivity index (χ1v) is 6.75. The maximum absolute atomic E-state index is 5.38. The third kappa shape index (κ3) is 3.73. The molecule has 0 spiro atoms. The molecule has 1 N–H and O–H groups in total. The molecule has 0 unspecified atom stereocenters. The van der Waals surface area contributed by atoms with Gasteiger partial charge in [-0.25, -0.2) is 4.98 Å². The number of aromatic nitrogens is 2. The van der Waals surface area contributed by atoms with Gasteiger partial charge < -0.3 is 14.6 Å². The molecule has 4 nitrogen and oxygen atoms in total. The second-order valence-corrected chi connectivity index (χ2v) is 4.62. The van der Waals surface area contributed by atoms with Gasteiger partial charge in [-0.1, -0.05) is 19.3 Å². The van der Waals surface area contributed by atoms with Crippen molar-refractivity contribution in [1.82, 2.24) is 9.55 Å². The van der Waals surface area contributed by atoms with Crippen molar-refractivity contribution in [2.45, 2.75) is 51.6 Å². The Balaban J connectivity index is 1.84. The number of nitrogens with zero attached hydrogens (tertiary/aromatic N) is 2. The van der Waals surface area contributed by atoms with Gasteiger partial charge in [0, 0.05) is 31.6 Å². The normalized spacial score (nSPS) is 17.2. The fourth-order valence-corrected chi connectivity index (χ4v) is 2.37. The fourth-order valence-electron chi connectivity index (χ4n) is 2.37. The summed E-state index contributed by atoms with van der Waals surface area (Å²) in [5.74, 6) is 0.997. The summed E-state index contributed by atoms with van der Waals surface area (Å²) in [6.07, 6.45) is 10.5. The monoisotopic (exact) mass is 237 g/mol. The molecule has 4 heteroatoms. The minimum atomic E-state index is 0.608. The average molecular weight is 237 g/mol. The van der Waals surface area contributed by atoms with Gasteiger partial charge in [-0.3, -0.25) is 0 Å². The molecule has 0 aliphatic heterocycles. The molecular formula is C13H23N3O. The molecule has 1 saturated carbocycles. The molecule has 1 aliphatic rings.